The molecule has 0 spiro atoms. The minimum Gasteiger partial charge on any atom is -0.490 e. The minimum atomic E-state index is -4.60. The third-order valence-electron chi connectivity index (χ3n) is 6.33. The number of hydrogen-bond donors (Lipinski definition) is 2. The quantitative estimate of drug-likeness (QED) is 0.0814. The number of nitrogens with zero attached hydrogens (tertiary/aromatic N) is 1. The second kappa shape index (κ2) is 12.4. The van der Waals surface area contributed by atoms with Crippen LogP contribution in [0.4, 0.5) is 13.2 Å². The summed E-state index contributed by atoms with van der Waals surface area (Å²) < 4.78 is 50.1. The molecule has 4 aromatic carbocycles. The van der Waals surface area contributed by atoms with Crippen molar-refractivity contribution in [3.05, 3.63) is 118 Å². The monoisotopic (exact) mass is 605 g/mol. The van der Waals surface area contributed by atoms with E-state index >= 15 is 0 Å². The summed E-state index contributed by atoms with van der Waals surface area (Å²) in [5.74, 6) is -1.29. The Bertz CT molecular complexity index is 1840. The number of esters is 1. The number of aromatic amines is 1. The molecule has 43 heavy (non-hydrogen) atoms. The van der Waals surface area contributed by atoms with Crippen molar-refractivity contribution in [1.82, 2.24) is 10.4 Å². The van der Waals surface area contributed by atoms with Gasteiger partial charge in [-0.05, 0) is 72.6 Å². The van der Waals surface area contributed by atoms with E-state index in [0.29, 0.717) is 21.8 Å². The molecule has 0 fully saturated rings. The minimum absolute atomic E-state index is 0.00897. The standard InChI is InChI=1S/C32H23ClF3N3O4/c1-2-42-27-15-19(11-14-26(27)43-31(41)21-9-6-10-22(16-21)32(34,35)36)18-37-39-30(40)29-28(20-7-4-3-5-8-20)24-17-23(33)12-13-25(24)38-29/h3-18,38H,2H2,1H3,(H,39,40). The highest BCUT2D eigenvalue weighted by atomic mass is 35.5. The molecule has 2 N–H and O–H groups in total. The van der Waals surface area contributed by atoms with Crippen LogP contribution >= 0.6 is 11.6 Å². The number of aromatic nitrogens is 1. The Morgan fingerprint density at radius 2 is 1.74 bits per heavy atom. The number of hydrogen-bond acceptors (Lipinski definition) is 5. The molecular formula is C32H23ClF3N3O4. The Hall–Kier alpha value is -5.09. The van der Waals surface area contributed by atoms with Crippen molar-refractivity contribution in [1.29, 1.82) is 0 Å². The van der Waals surface area contributed by atoms with Crippen molar-refractivity contribution in [2.45, 2.75) is 13.1 Å². The highest BCUT2D eigenvalue weighted by Gasteiger charge is 2.31. The van der Waals surface area contributed by atoms with Crippen molar-refractivity contribution in [3.8, 4) is 22.6 Å². The van der Waals surface area contributed by atoms with E-state index in [4.69, 9.17) is 21.1 Å². The molecule has 5 aromatic rings. The summed E-state index contributed by atoms with van der Waals surface area (Å²) in [5, 5.41) is 5.38. The normalized spacial score (nSPS) is 11.6. The van der Waals surface area contributed by atoms with Gasteiger partial charge in [0.1, 0.15) is 5.69 Å². The molecule has 0 aliphatic rings. The van der Waals surface area contributed by atoms with Crippen LogP contribution in [0.5, 0.6) is 11.5 Å². The van der Waals surface area contributed by atoms with Gasteiger partial charge >= 0.3 is 12.1 Å². The number of alkyl halides is 3. The lowest BCUT2D eigenvalue weighted by molar-refractivity contribution is -0.137. The average molecular weight is 606 g/mol. The number of carbonyl (C=O) groups excluding carboxylic acids is 2. The fraction of sp³-hybridized carbons (Fsp3) is 0.0938. The Balaban J connectivity index is 1.35. The van der Waals surface area contributed by atoms with Gasteiger partial charge in [0.2, 0.25) is 0 Å². The van der Waals surface area contributed by atoms with Crippen LogP contribution in [-0.4, -0.2) is 29.7 Å². The molecule has 0 bridgehead atoms. The number of ether oxygens (including phenoxy) is 2. The van der Waals surface area contributed by atoms with Crippen LogP contribution in [0.2, 0.25) is 5.02 Å². The molecule has 0 saturated heterocycles. The molecule has 1 amide bonds. The number of hydrazone groups is 1. The number of carbonyl (C=O) groups is 2. The fourth-order valence-corrected chi connectivity index (χ4v) is 4.57. The zero-order valence-electron chi connectivity index (χ0n) is 22.5. The van der Waals surface area contributed by atoms with E-state index in [1.54, 1.807) is 31.2 Å². The first-order chi connectivity index (χ1) is 20.6. The van der Waals surface area contributed by atoms with Crippen LogP contribution < -0.4 is 14.9 Å². The first kappa shape index (κ1) is 29.4. The highest BCUT2D eigenvalue weighted by molar-refractivity contribution is 6.31. The predicted molar refractivity (Wildman–Crippen MR) is 158 cm³/mol. The Kier molecular flexibility index (Phi) is 8.49. The van der Waals surface area contributed by atoms with Crippen molar-refractivity contribution in [3.63, 3.8) is 0 Å². The number of benzene rings is 4. The van der Waals surface area contributed by atoms with Crippen molar-refractivity contribution >= 4 is 40.6 Å². The van der Waals surface area contributed by atoms with Crippen LogP contribution in [0.15, 0.2) is 96.1 Å². The first-order valence-electron chi connectivity index (χ1n) is 13.0. The van der Waals surface area contributed by atoms with E-state index in [1.165, 1.54) is 24.4 Å². The van der Waals surface area contributed by atoms with Gasteiger partial charge < -0.3 is 14.5 Å². The smallest absolute Gasteiger partial charge is 0.416 e. The Labute approximate surface area is 248 Å². The topological polar surface area (TPSA) is 92.8 Å². The van der Waals surface area contributed by atoms with Gasteiger partial charge in [-0.1, -0.05) is 48.0 Å². The number of H-pyrrole nitrogens is 1. The van der Waals surface area contributed by atoms with Gasteiger partial charge in [0.25, 0.3) is 5.91 Å². The maximum Gasteiger partial charge on any atom is 0.416 e. The zero-order valence-corrected chi connectivity index (χ0v) is 23.3. The zero-order chi connectivity index (χ0) is 30.6. The Morgan fingerprint density at radius 3 is 2.49 bits per heavy atom. The lowest BCUT2D eigenvalue weighted by atomic mass is 10.0. The second-order valence-corrected chi connectivity index (χ2v) is 9.67. The van der Waals surface area contributed by atoms with Crippen LogP contribution in [-0.2, 0) is 6.18 Å². The summed E-state index contributed by atoms with van der Waals surface area (Å²) >= 11 is 6.23. The molecule has 0 saturated carbocycles. The lowest BCUT2D eigenvalue weighted by Gasteiger charge is -2.12. The highest BCUT2D eigenvalue weighted by Crippen LogP contribution is 2.34. The summed E-state index contributed by atoms with van der Waals surface area (Å²) in [6, 6.07) is 23.1. The molecule has 1 heterocycles. The van der Waals surface area contributed by atoms with Gasteiger partial charge in [-0.3, -0.25) is 4.79 Å². The number of nitrogens with one attached hydrogen (secondary N) is 2. The van der Waals surface area contributed by atoms with Crippen molar-refractivity contribution in [2.75, 3.05) is 6.61 Å². The molecule has 0 aliphatic carbocycles. The number of rotatable bonds is 8. The summed E-state index contributed by atoms with van der Waals surface area (Å²) in [6.07, 6.45) is -3.23. The van der Waals surface area contributed by atoms with E-state index < -0.39 is 23.6 Å². The summed E-state index contributed by atoms with van der Waals surface area (Å²) in [4.78, 5) is 28.9. The van der Waals surface area contributed by atoms with Crippen LogP contribution in [0.25, 0.3) is 22.0 Å². The largest absolute Gasteiger partial charge is 0.490 e. The van der Waals surface area contributed by atoms with Gasteiger partial charge in [0, 0.05) is 21.5 Å². The molecule has 0 unspecified atom stereocenters. The van der Waals surface area contributed by atoms with Crippen molar-refractivity contribution < 1.29 is 32.2 Å². The number of amides is 1. The fourth-order valence-electron chi connectivity index (χ4n) is 4.40. The summed E-state index contributed by atoms with van der Waals surface area (Å²) in [7, 11) is 0. The van der Waals surface area contributed by atoms with E-state index in [-0.39, 0.29) is 23.7 Å². The third-order valence-corrected chi connectivity index (χ3v) is 6.56. The first-order valence-corrected chi connectivity index (χ1v) is 13.4. The van der Waals surface area contributed by atoms with Gasteiger partial charge in [-0.25, -0.2) is 10.2 Å². The van der Waals surface area contributed by atoms with E-state index in [1.807, 2.05) is 30.3 Å². The van der Waals surface area contributed by atoms with Crippen LogP contribution in [0, 0.1) is 0 Å². The molecule has 218 valence electrons. The molecule has 11 heteroatoms. The Morgan fingerprint density at radius 1 is 0.953 bits per heavy atom. The maximum atomic E-state index is 13.2. The molecule has 0 atom stereocenters. The number of halogens is 4. The third kappa shape index (κ3) is 6.70. The molecule has 0 radical (unpaired) electrons. The predicted octanol–water partition coefficient (Wildman–Crippen LogP) is 7.89. The van der Waals surface area contributed by atoms with Gasteiger partial charge in [-0.2, -0.15) is 18.3 Å². The van der Waals surface area contributed by atoms with E-state index in [9.17, 15) is 22.8 Å². The van der Waals surface area contributed by atoms with Gasteiger partial charge in [-0.15, -0.1) is 0 Å². The molecule has 7 nitrogen and oxygen atoms in total. The van der Waals surface area contributed by atoms with Crippen molar-refractivity contribution in [2.24, 2.45) is 5.10 Å². The summed E-state index contributed by atoms with van der Waals surface area (Å²) in [6.45, 7) is 1.94. The van der Waals surface area contributed by atoms with Gasteiger partial charge in [0.15, 0.2) is 11.5 Å². The second-order valence-electron chi connectivity index (χ2n) is 9.24. The van der Waals surface area contributed by atoms with E-state index in [0.717, 1.165) is 34.7 Å². The average Bonchev–Trinajstić information content (AvgIpc) is 3.37. The molecule has 0 aliphatic heterocycles. The lowest BCUT2D eigenvalue weighted by Crippen LogP contribution is -2.18. The van der Waals surface area contributed by atoms with Crippen LogP contribution in [0.1, 0.15) is 38.9 Å². The maximum absolute atomic E-state index is 13.2. The number of fused-ring (bicyclic) bond motifs is 1. The SMILES string of the molecule is CCOc1cc(C=NNC(=O)c2[nH]c3ccc(Cl)cc3c2-c2ccccc2)ccc1OC(=O)c1cccc(C(F)(F)F)c1. The van der Waals surface area contributed by atoms with Gasteiger partial charge in [0.05, 0.1) is 23.9 Å². The molecule has 1 aromatic heterocycles. The van der Waals surface area contributed by atoms with E-state index in [2.05, 4.69) is 15.5 Å². The summed E-state index contributed by atoms with van der Waals surface area (Å²) in [5.41, 5.74) is 4.31. The molecule has 5 rings (SSSR count). The van der Waals surface area contributed by atoms with Crippen LogP contribution in [0.3, 0.4) is 0 Å². The molecular weight excluding hydrogens is 583 g/mol.